The Kier molecular flexibility index (Phi) is 5.74. The largest absolute Gasteiger partial charge is 0.479 e. The van der Waals surface area contributed by atoms with E-state index in [1.807, 2.05) is 54.6 Å². The van der Waals surface area contributed by atoms with Gasteiger partial charge in [-0.1, -0.05) is 91.0 Å². The lowest BCUT2D eigenvalue weighted by Crippen LogP contribution is -2.35. The number of aryl methyl sites for hydroxylation is 1. The quantitative estimate of drug-likeness (QED) is 0.354. The molecule has 0 saturated carbocycles. The molecular weight excluding hydrogens is 440 g/mol. The molecule has 5 aromatic rings. The molecule has 35 heavy (non-hydrogen) atoms. The zero-order valence-electron chi connectivity index (χ0n) is 19.7. The summed E-state index contributed by atoms with van der Waals surface area (Å²) in [5.41, 5.74) is 2.42. The Bertz CT molecular complexity index is 1440. The van der Waals surface area contributed by atoms with Crippen LogP contribution in [0.1, 0.15) is 28.2 Å². The number of methoxy groups -OCH3 is 1. The molecule has 3 aromatic carbocycles. The molecule has 0 bridgehead atoms. The first-order chi connectivity index (χ1) is 17.1. The van der Waals surface area contributed by atoms with Crippen LogP contribution in [0.3, 0.4) is 0 Å². The molecule has 0 saturated heterocycles. The lowest BCUT2D eigenvalue weighted by atomic mass is 9.68. The van der Waals surface area contributed by atoms with Crippen molar-refractivity contribution in [2.45, 2.75) is 12.3 Å². The molecule has 2 heterocycles. The minimum Gasteiger partial charge on any atom is -0.479 e. The second-order valence-electron chi connectivity index (χ2n) is 8.06. The summed E-state index contributed by atoms with van der Waals surface area (Å²) < 4.78 is 6.82. The third-order valence-electron chi connectivity index (χ3n) is 6.13. The zero-order chi connectivity index (χ0) is 24.4. The summed E-state index contributed by atoms with van der Waals surface area (Å²) in [6, 6.07) is 30.2. The molecule has 7 heteroatoms. The summed E-state index contributed by atoms with van der Waals surface area (Å²) in [5.74, 6) is 0.687. The van der Waals surface area contributed by atoms with Gasteiger partial charge >= 0.3 is 5.56 Å². The highest BCUT2D eigenvalue weighted by molar-refractivity contribution is 5.76. The Morgan fingerprint density at radius 3 is 1.63 bits per heavy atom. The highest BCUT2D eigenvalue weighted by Gasteiger charge is 2.42. The van der Waals surface area contributed by atoms with Crippen LogP contribution in [-0.4, -0.2) is 33.9 Å². The van der Waals surface area contributed by atoms with Crippen molar-refractivity contribution in [1.29, 1.82) is 0 Å². The number of rotatable bonds is 6. The van der Waals surface area contributed by atoms with E-state index in [2.05, 4.69) is 41.4 Å². The van der Waals surface area contributed by atoms with Crippen molar-refractivity contribution < 1.29 is 9.57 Å². The summed E-state index contributed by atoms with van der Waals surface area (Å²) in [6.07, 6.45) is 0. The van der Waals surface area contributed by atoms with E-state index in [4.69, 9.17) is 19.5 Å². The molecule has 174 valence electrons. The molecule has 0 aliphatic rings. The van der Waals surface area contributed by atoms with Gasteiger partial charge in [0, 0.05) is 0 Å². The third kappa shape index (κ3) is 3.52. The Morgan fingerprint density at radius 1 is 0.714 bits per heavy atom. The molecule has 5 rings (SSSR count). The maximum atomic E-state index is 12.9. The Morgan fingerprint density at radius 2 is 1.20 bits per heavy atom. The average Bonchev–Trinajstić information content (AvgIpc) is 2.91. The maximum Gasteiger partial charge on any atom is 0.306 e. The molecule has 0 aliphatic carbocycles. The molecule has 0 aliphatic heterocycles. The number of hydrogen-bond donors (Lipinski definition) is 0. The van der Waals surface area contributed by atoms with Crippen LogP contribution in [0.15, 0.2) is 95.8 Å². The fourth-order valence-electron chi connectivity index (χ4n) is 4.55. The van der Waals surface area contributed by atoms with Gasteiger partial charge in [-0.2, -0.15) is 4.98 Å². The zero-order valence-corrected chi connectivity index (χ0v) is 19.7. The van der Waals surface area contributed by atoms with E-state index in [-0.39, 0.29) is 17.2 Å². The molecule has 0 radical (unpaired) electrons. The van der Waals surface area contributed by atoms with E-state index in [0.717, 1.165) is 21.4 Å². The summed E-state index contributed by atoms with van der Waals surface area (Å²) in [7, 11) is 2.95. The van der Waals surface area contributed by atoms with Gasteiger partial charge in [-0.3, -0.25) is 4.79 Å². The van der Waals surface area contributed by atoms with Crippen molar-refractivity contribution in [2.75, 3.05) is 14.2 Å². The van der Waals surface area contributed by atoms with Crippen LogP contribution in [0.2, 0.25) is 0 Å². The van der Waals surface area contributed by atoms with Gasteiger partial charge in [-0.05, 0) is 23.6 Å². The Balaban J connectivity index is 2.00. The molecule has 0 N–H and O–H groups in total. The van der Waals surface area contributed by atoms with Crippen LogP contribution in [0.25, 0.3) is 11.2 Å². The number of fused-ring (bicyclic) bond motifs is 1. The smallest absolute Gasteiger partial charge is 0.306 e. The highest BCUT2D eigenvalue weighted by atomic mass is 16.7. The first-order valence-electron chi connectivity index (χ1n) is 11.2. The number of benzene rings is 3. The van der Waals surface area contributed by atoms with Crippen LogP contribution in [0, 0.1) is 6.92 Å². The van der Waals surface area contributed by atoms with Crippen molar-refractivity contribution in [3.63, 3.8) is 0 Å². The van der Waals surface area contributed by atoms with Gasteiger partial charge in [0.15, 0.2) is 11.3 Å². The van der Waals surface area contributed by atoms with E-state index in [1.165, 1.54) is 14.2 Å². The van der Waals surface area contributed by atoms with Gasteiger partial charge in [-0.15, -0.1) is 4.73 Å². The van der Waals surface area contributed by atoms with Crippen LogP contribution >= 0.6 is 0 Å². The summed E-state index contributed by atoms with van der Waals surface area (Å²) >= 11 is 0. The van der Waals surface area contributed by atoms with Crippen molar-refractivity contribution >= 4 is 11.2 Å². The molecular formula is C28H24N4O3. The van der Waals surface area contributed by atoms with Crippen LogP contribution in [0.5, 0.6) is 5.88 Å². The normalized spacial score (nSPS) is 11.4. The molecule has 0 atom stereocenters. The van der Waals surface area contributed by atoms with Crippen LogP contribution in [-0.2, 0) is 5.41 Å². The SMILES string of the molecule is COc1nc(C(c2ccccc2)(c2ccccc2)c2ccccc2)nc2c1nc(C)c(=O)n2OC. The van der Waals surface area contributed by atoms with Gasteiger partial charge < -0.3 is 9.57 Å². The second kappa shape index (κ2) is 9.02. The van der Waals surface area contributed by atoms with Gasteiger partial charge in [0.25, 0.3) is 0 Å². The minimum atomic E-state index is -0.912. The van der Waals surface area contributed by atoms with E-state index in [1.54, 1.807) is 6.92 Å². The molecule has 0 spiro atoms. The van der Waals surface area contributed by atoms with Crippen LogP contribution < -0.4 is 15.1 Å². The number of aromatic nitrogens is 4. The number of nitrogens with zero attached hydrogens (tertiary/aromatic N) is 4. The van der Waals surface area contributed by atoms with Crippen molar-refractivity contribution in [2.24, 2.45) is 0 Å². The fraction of sp³-hybridized carbons (Fsp3) is 0.143. The van der Waals surface area contributed by atoms with Crippen molar-refractivity contribution in [3.05, 3.63) is 130 Å². The van der Waals surface area contributed by atoms with E-state index in [0.29, 0.717) is 11.3 Å². The summed E-state index contributed by atoms with van der Waals surface area (Å²) in [4.78, 5) is 32.6. The number of hydrogen-bond acceptors (Lipinski definition) is 6. The third-order valence-corrected chi connectivity index (χ3v) is 6.13. The second-order valence-corrected chi connectivity index (χ2v) is 8.06. The van der Waals surface area contributed by atoms with Crippen molar-refractivity contribution in [1.82, 2.24) is 19.7 Å². The van der Waals surface area contributed by atoms with Gasteiger partial charge in [0.1, 0.15) is 18.2 Å². The molecule has 0 unspecified atom stereocenters. The average molecular weight is 465 g/mol. The standard InChI is InChI=1S/C28H24N4O3/c1-19-26(33)32(35-3)24-23(29-19)25(34-2)31-27(30-24)28(20-13-7-4-8-14-20,21-15-9-5-10-16-21)22-17-11-6-12-18-22/h4-18H,1-3H3. The molecule has 0 amide bonds. The van der Waals surface area contributed by atoms with Crippen LogP contribution in [0.4, 0.5) is 0 Å². The number of ether oxygens (including phenoxy) is 1. The Hall–Kier alpha value is -4.52. The first-order valence-corrected chi connectivity index (χ1v) is 11.2. The topological polar surface area (TPSA) is 79.1 Å². The lowest BCUT2D eigenvalue weighted by molar-refractivity contribution is 0.165. The van der Waals surface area contributed by atoms with Gasteiger partial charge in [0.05, 0.1) is 7.11 Å². The molecule has 2 aromatic heterocycles. The minimum absolute atomic E-state index is 0.233. The van der Waals surface area contributed by atoms with Crippen molar-refractivity contribution in [3.8, 4) is 5.88 Å². The maximum absolute atomic E-state index is 12.9. The lowest BCUT2D eigenvalue weighted by Gasteiger charge is -2.34. The van der Waals surface area contributed by atoms with E-state index in [9.17, 15) is 4.79 Å². The molecule has 7 nitrogen and oxygen atoms in total. The fourth-order valence-corrected chi connectivity index (χ4v) is 4.55. The van der Waals surface area contributed by atoms with Gasteiger partial charge in [-0.25, -0.2) is 9.97 Å². The monoisotopic (exact) mass is 464 g/mol. The predicted octanol–water partition coefficient (Wildman–Crippen LogP) is 3.94. The summed E-state index contributed by atoms with van der Waals surface area (Å²) in [5, 5.41) is 0. The highest BCUT2D eigenvalue weighted by Crippen LogP contribution is 2.44. The molecule has 0 fully saturated rings. The van der Waals surface area contributed by atoms with Gasteiger partial charge in [0.2, 0.25) is 11.5 Å². The Labute approximate surface area is 202 Å². The first kappa shape index (κ1) is 22.3. The van der Waals surface area contributed by atoms with E-state index >= 15 is 0 Å². The van der Waals surface area contributed by atoms with E-state index < -0.39 is 11.0 Å². The summed E-state index contributed by atoms with van der Waals surface area (Å²) in [6.45, 7) is 1.62. The predicted molar refractivity (Wildman–Crippen MR) is 134 cm³/mol.